The second-order valence-electron chi connectivity index (χ2n) is 6.03. The first kappa shape index (κ1) is 16.4. The average molecular weight is 360 g/mol. The Labute approximate surface area is 151 Å². The molecule has 0 amide bonds. The molecule has 0 heterocycles. The lowest BCUT2D eigenvalue weighted by atomic mass is 9.97. The van der Waals surface area contributed by atoms with Gasteiger partial charge >= 0.3 is 0 Å². The number of nitrogens with zero attached hydrogens (tertiary/aromatic N) is 1. The van der Waals surface area contributed by atoms with Crippen LogP contribution in [0.3, 0.4) is 0 Å². The molecule has 0 aliphatic heterocycles. The van der Waals surface area contributed by atoms with Gasteiger partial charge in [0.15, 0.2) is 0 Å². The summed E-state index contributed by atoms with van der Waals surface area (Å²) in [5.74, 6) is 0. The van der Waals surface area contributed by atoms with Crippen molar-refractivity contribution in [3.8, 4) is 0 Å². The Morgan fingerprint density at radius 1 is 0.769 bits per heavy atom. The maximum Gasteiger partial charge on any atom is 0.238 e. The standard InChI is InChI=1S/C21H16N2O2S/c22-26(24,25)18-11-9-17(10-12-18)23-14-21-19-7-3-1-5-15(19)13-16-6-2-4-8-20(16)21/h1-14H,(H2,22,24,25)/b23-14+. The van der Waals surface area contributed by atoms with E-state index in [2.05, 4.69) is 35.3 Å². The van der Waals surface area contributed by atoms with E-state index in [1.807, 2.05) is 30.5 Å². The second-order valence-corrected chi connectivity index (χ2v) is 7.59. The fourth-order valence-corrected chi connectivity index (χ4v) is 3.56. The van der Waals surface area contributed by atoms with E-state index in [0.717, 1.165) is 27.1 Å². The second kappa shape index (κ2) is 6.37. The monoisotopic (exact) mass is 360 g/mol. The van der Waals surface area contributed by atoms with Crippen LogP contribution in [-0.4, -0.2) is 14.6 Å². The summed E-state index contributed by atoms with van der Waals surface area (Å²) in [6.45, 7) is 0. The van der Waals surface area contributed by atoms with Crippen molar-refractivity contribution >= 4 is 43.5 Å². The molecule has 0 fully saturated rings. The van der Waals surface area contributed by atoms with Crippen LogP contribution >= 0.6 is 0 Å². The molecular weight excluding hydrogens is 344 g/mol. The van der Waals surface area contributed by atoms with Gasteiger partial charge in [-0.2, -0.15) is 0 Å². The van der Waals surface area contributed by atoms with Crippen LogP contribution in [0.1, 0.15) is 5.56 Å². The summed E-state index contributed by atoms with van der Waals surface area (Å²) in [4.78, 5) is 4.62. The summed E-state index contributed by atoms with van der Waals surface area (Å²) in [7, 11) is -3.70. The minimum atomic E-state index is -3.70. The zero-order valence-electron chi connectivity index (χ0n) is 13.8. The van der Waals surface area contributed by atoms with Gasteiger partial charge in [-0.05, 0) is 51.9 Å². The van der Waals surface area contributed by atoms with Gasteiger partial charge in [0.25, 0.3) is 0 Å². The van der Waals surface area contributed by atoms with Crippen LogP contribution in [0.25, 0.3) is 21.5 Å². The van der Waals surface area contributed by atoms with E-state index in [4.69, 9.17) is 5.14 Å². The van der Waals surface area contributed by atoms with Gasteiger partial charge in [-0.25, -0.2) is 13.6 Å². The fourth-order valence-electron chi connectivity index (χ4n) is 3.05. The zero-order chi connectivity index (χ0) is 18.1. The van der Waals surface area contributed by atoms with E-state index in [9.17, 15) is 8.42 Å². The number of fused-ring (bicyclic) bond motifs is 2. The minimum absolute atomic E-state index is 0.0760. The summed E-state index contributed by atoms with van der Waals surface area (Å²) in [5.41, 5.74) is 1.70. The van der Waals surface area contributed by atoms with Gasteiger partial charge in [-0.15, -0.1) is 0 Å². The Morgan fingerprint density at radius 3 is 1.85 bits per heavy atom. The molecule has 0 bridgehead atoms. The predicted molar refractivity (Wildman–Crippen MR) is 107 cm³/mol. The van der Waals surface area contributed by atoms with Crippen molar-refractivity contribution in [2.24, 2.45) is 10.1 Å². The Balaban J connectivity index is 1.84. The molecule has 4 aromatic rings. The van der Waals surface area contributed by atoms with Crippen LogP contribution in [-0.2, 0) is 10.0 Å². The van der Waals surface area contributed by atoms with Crippen LogP contribution < -0.4 is 5.14 Å². The number of primary sulfonamides is 1. The maximum absolute atomic E-state index is 11.4. The molecule has 0 aliphatic carbocycles. The van der Waals surface area contributed by atoms with E-state index >= 15 is 0 Å². The Morgan fingerprint density at radius 2 is 1.31 bits per heavy atom. The zero-order valence-corrected chi connectivity index (χ0v) is 14.6. The molecule has 4 nitrogen and oxygen atoms in total. The molecule has 4 rings (SSSR count). The van der Waals surface area contributed by atoms with Crippen LogP contribution in [0.2, 0.25) is 0 Å². The highest BCUT2D eigenvalue weighted by Gasteiger charge is 2.07. The molecule has 0 spiro atoms. The van der Waals surface area contributed by atoms with Gasteiger partial charge in [-0.1, -0.05) is 48.5 Å². The highest BCUT2D eigenvalue weighted by atomic mass is 32.2. The number of nitrogens with two attached hydrogens (primary N) is 1. The topological polar surface area (TPSA) is 72.5 Å². The quantitative estimate of drug-likeness (QED) is 0.435. The Hall–Kier alpha value is -3.02. The summed E-state index contributed by atoms with van der Waals surface area (Å²) in [6, 6.07) is 24.8. The summed E-state index contributed by atoms with van der Waals surface area (Å²) in [5, 5.41) is 9.67. The van der Waals surface area contributed by atoms with Gasteiger partial charge < -0.3 is 0 Å². The van der Waals surface area contributed by atoms with Crippen molar-refractivity contribution in [2.75, 3.05) is 0 Å². The van der Waals surface area contributed by atoms with Gasteiger partial charge in [-0.3, -0.25) is 4.99 Å². The third-order valence-electron chi connectivity index (χ3n) is 4.32. The first-order chi connectivity index (χ1) is 12.5. The van der Waals surface area contributed by atoms with Crippen LogP contribution in [0.4, 0.5) is 5.69 Å². The predicted octanol–water partition coefficient (Wildman–Crippen LogP) is 4.39. The molecule has 5 heteroatoms. The Kier molecular flexibility index (Phi) is 4.03. The van der Waals surface area contributed by atoms with Crippen LogP contribution in [0.5, 0.6) is 0 Å². The van der Waals surface area contributed by atoms with Gasteiger partial charge in [0.05, 0.1) is 10.6 Å². The molecule has 0 unspecified atom stereocenters. The van der Waals surface area contributed by atoms with Crippen molar-refractivity contribution in [3.63, 3.8) is 0 Å². The van der Waals surface area contributed by atoms with Gasteiger partial charge in [0, 0.05) is 11.8 Å². The molecule has 0 atom stereocenters. The molecule has 0 saturated heterocycles. The van der Waals surface area contributed by atoms with E-state index in [0.29, 0.717) is 5.69 Å². The van der Waals surface area contributed by atoms with Crippen LogP contribution in [0, 0.1) is 0 Å². The molecular formula is C21H16N2O2S. The van der Waals surface area contributed by atoms with Gasteiger partial charge in [0.1, 0.15) is 0 Å². The fraction of sp³-hybridized carbons (Fsp3) is 0. The van der Waals surface area contributed by atoms with Crippen molar-refractivity contribution in [2.45, 2.75) is 4.90 Å². The molecule has 128 valence electrons. The maximum atomic E-state index is 11.4. The number of benzene rings is 4. The average Bonchev–Trinajstić information content (AvgIpc) is 2.65. The lowest BCUT2D eigenvalue weighted by molar-refractivity contribution is 0.598. The van der Waals surface area contributed by atoms with Crippen molar-refractivity contribution in [1.82, 2.24) is 0 Å². The molecule has 4 aromatic carbocycles. The molecule has 2 N–H and O–H groups in total. The number of hydrogen-bond acceptors (Lipinski definition) is 3. The summed E-state index contributed by atoms with van der Waals surface area (Å²) in [6.07, 6.45) is 1.83. The van der Waals surface area contributed by atoms with Crippen molar-refractivity contribution < 1.29 is 8.42 Å². The summed E-state index contributed by atoms with van der Waals surface area (Å²) >= 11 is 0. The smallest absolute Gasteiger partial charge is 0.238 e. The highest BCUT2D eigenvalue weighted by molar-refractivity contribution is 7.89. The number of hydrogen-bond donors (Lipinski definition) is 1. The van der Waals surface area contributed by atoms with E-state index in [1.165, 1.54) is 12.1 Å². The highest BCUT2D eigenvalue weighted by Crippen LogP contribution is 2.28. The number of sulfonamides is 1. The number of aliphatic imine (C=N–C) groups is 1. The van der Waals surface area contributed by atoms with E-state index < -0.39 is 10.0 Å². The van der Waals surface area contributed by atoms with E-state index in [-0.39, 0.29) is 4.90 Å². The molecule has 0 radical (unpaired) electrons. The SMILES string of the molecule is NS(=O)(=O)c1ccc(/N=C/c2c3ccccc3cc3ccccc23)cc1. The largest absolute Gasteiger partial charge is 0.256 e. The first-order valence-electron chi connectivity index (χ1n) is 8.10. The molecule has 26 heavy (non-hydrogen) atoms. The lowest BCUT2D eigenvalue weighted by Crippen LogP contribution is -2.11. The lowest BCUT2D eigenvalue weighted by Gasteiger charge is -2.08. The third kappa shape index (κ3) is 3.10. The molecule has 0 saturated carbocycles. The van der Waals surface area contributed by atoms with Crippen LogP contribution in [0.15, 0.2) is 88.8 Å². The van der Waals surface area contributed by atoms with Crippen molar-refractivity contribution in [1.29, 1.82) is 0 Å². The van der Waals surface area contributed by atoms with E-state index in [1.54, 1.807) is 12.1 Å². The third-order valence-corrected chi connectivity index (χ3v) is 5.25. The minimum Gasteiger partial charge on any atom is -0.256 e. The summed E-state index contributed by atoms with van der Waals surface area (Å²) < 4.78 is 22.7. The first-order valence-corrected chi connectivity index (χ1v) is 9.64. The normalized spacial score (nSPS) is 12.2. The molecule has 0 aliphatic rings. The number of rotatable bonds is 3. The molecule has 0 aromatic heterocycles. The Bertz CT molecular complexity index is 1190. The van der Waals surface area contributed by atoms with Crippen molar-refractivity contribution in [3.05, 3.63) is 84.4 Å². The van der Waals surface area contributed by atoms with Gasteiger partial charge in [0.2, 0.25) is 10.0 Å².